The van der Waals surface area contributed by atoms with E-state index >= 15 is 0 Å². The average molecular weight is 428 g/mol. The molecule has 6 nitrogen and oxygen atoms in total. The summed E-state index contributed by atoms with van der Waals surface area (Å²) in [5, 5.41) is 0. The topological polar surface area (TPSA) is 72.6 Å². The van der Waals surface area contributed by atoms with Crippen molar-refractivity contribution in [2.45, 2.75) is 25.8 Å². The number of oxazole rings is 1. The minimum atomic E-state index is -0.769. The molecule has 0 spiro atoms. The molecule has 0 aliphatic carbocycles. The van der Waals surface area contributed by atoms with E-state index in [9.17, 15) is 18.4 Å². The van der Waals surface area contributed by atoms with Gasteiger partial charge in [-0.15, -0.1) is 0 Å². The summed E-state index contributed by atoms with van der Waals surface area (Å²) in [6.07, 6.45) is 1.18. The first-order valence-electron chi connectivity index (χ1n) is 9.72. The Morgan fingerprint density at radius 2 is 1.77 bits per heavy atom. The number of esters is 1. The van der Waals surface area contributed by atoms with E-state index in [1.165, 1.54) is 17.2 Å². The highest BCUT2D eigenvalue weighted by Crippen LogP contribution is 2.26. The molecular formula is C23H22F2N2O4. The van der Waals surface area contributed by atoms with Crippen molar-refractivity contribution in [3.05, 3.63) is 77.8 Å². The minimum absolute atomic E-state index is 0.0642. The number of likely N-dealkylation sites (N-methyl/N-ethyl adjacent to an activating group) is 1. The fourth-order valence-corrected chi connectivity index (χ4v) is 2.97. The van der Waals surface area contributed by atoms with Gasteiger partial charge in [0.15, 0.2) is 18.3 Å². The maximum Gasteiger partial charge on any atom is 0.306 e. The van der Waals surface area contributed by atoms with Crippen molar-refractivity contribution in [1.82, 2.24) is 9.88 Å². The summed E-state index contributed by atoms with van der Waals surface area (Å²) in [7, 11) is 1.64. The van der Waals surface area contributed by atoms with Gasteiger partial charge in [-0.25, -0.2) is 13.8 Å². The Labute approximate surface area is 178 Å². The van der Waals surface area contributed by atoms with E-state index in [-0.39, 0.29) is 48.6 Å². The molecule has 0 radical (unpaired) electrons. The second kappa shape index (κ2) is 9.97. The quantitative estimate of drug-likeness (QED) is 0.500. The minimum Gasteiger partial charge on any atom is -0.456 e. The molecule has 0 saturated carbocycles. The van der Waals surface area contributed by atoms with Gasteiger partial charge in [-0.1, -0.05) is 36.4 Å². The molecule has 1 aromatic heterocycles. The van der Waals surface area contributed by atoms with Gasteiger partial charge in [0.05, 0.1) is 24.2 Å². The molecule has 3 aromatic rings. The number of hydrogen-bond donors (Lipinski definition) is 0. The Kier molecular flexibility index (Phi) is 7.12. The van der Waals surface area contributed by atoms with Gasteiger partial charge in [-0.2, -0.15) is 0 Å². The highest BCUT2D eigenvalue weighted by atomic mass is 19.1. The molecule has 31 heavy (non-hydrogen) atoms. The number of amides is 1. The summed E-state index contributed by atoms with van der Waals surface area (Å²) >= 11 is 0. The molecule has 8 heteroatoms. The molecular weight excluding hydrogens is 406 g/mol. The number of carbonyl (C=O) groups is 2. The van der Waals surface area contributed by atoms with Gasteiger partial charge < -0.3 is 14.1 Å². The summed E-state index contributed by atoms with van der Waals surface area (Å²) in [6.45, 7) is 1.50. The molecule has 0 unspecified atom stereocenters. The zero-order valence-corrected chi connectivity index (χ0v) is 17.2. The molecule has 0 fully saturated rings. The summed E-state index contributed by atoms with van der Waals surface area (Å²) in [5.74, 6) is -2.41. The lowest BCUT2D eigenvalue weighted by Crippen LogP contribution is -2.33. The summed E-state index contributed by atoms with van der Waals surface area (Å²) in [5.41, 5.74) is 0.653. The fourth-order valence-electron chi connectivity index (χ4n) is 2.97. The van der Waals surface area contributed by atoms with E-state index in [1.807, 2.05) is 37.3 Å². The first-order valence-corrected chi connectivity index (χ1v) is 9.72. The highest BCUT2D eigenvalue weighted by molar-refractivity contribution is 5.80. The molecule has 0 aliphatic heterocycles. The lowest BCUT2D eigenvalue weighted by atomic mass is 10.1. The number of aryl methyl sites for hydroxylation is 1. The number of aromatic nitrogens is 1. The smallest absolute Gasteiger partial charge is 0.306 e. The predicted octanol–water partition coefficient (Wildman–Crippen LogP) is 4.32. The van der Waals surface area contributed by atoms with Gasteiger partial charge in [0.2, 0.25) is 0 Å². The van der Waals surface area contributed by atoms with E-state index in [0.717, 1.165) is 17.7 Å². The third-order valence-corrected chi connectivity index (χ3v) is 4.92. The molecule has 3 rings (SSSR count). The van der Waals surface area contributed by atoms with E-state index in [2.05, 4.69) is 4.98 Å². The Morgan fingerprint density at radius 3 is 2.45 bits per heavy atom. The number of hydrogen-bond acceptors (Lipinski definition) is 5. The SMILES string of the molecule is C[C@H](c1ccccc1)N(C)C(=O)COC(=O)CCc1ncc(-c2c(F)cccc2F)o1. The standard InChI is InChI=1S/C23H22F2N2O4/c1-15(16-7-4-3-5-8-16)27(2)21(28)14-30-22(29)12-11-20-26-13-19(31-20)23-17(24)9-6-10-18(23)25/h3-10,13,15H,11-12,14H2,1-2H3/t15-/m1/s1. The largest absolute Gasteiger partial charge is 0.456 e. The van der Waals surface area contributed by atoms with E-state index in [4.69, 9.17) is 9.15 Å². The molecule has 0 bridgehead atoms. The first-order chi connectivity index (χ1) is 14.9. The number of benzene rings is 2. The van der Waals surface area contributed by atoms with Crippen LogP contribution in [0.4, 0.5) is 8.78 Å². The monoisotopic (exact) mass is 428 g/mol. The molecule has 1 atom stereocenters. The molecule has 1 amide bonds. The zero-order valence-electron chi connectivity index (χ0n) is 17.2. The summed E-state index contributed by atoms with van der Waals surface area (Å²) in [4.78, 5) is 29.7. The van der Waals surface area contributed by atoms with Crippen LogP contribution in [0.3, 0.4) is 0 Å². The third kappa shape index (κ3) is 5.53. The second-order valence-corrected chi connectivity index (χ2v) is 6.97. The number of ether oxygens (including phenoxy) is 1. The van der Waals surface area contributed by atoms with Crippen molar-refractivity contribution in [2.75, 3.05) is 13.7 Å². The number of nitrogens with zero attached hydrogens (tertiary/aromatic N) is 2. The van der Waals surface area contributed by atoms with Crippen LogP contribution >= 0.6 is 0 Å². The predicted molar refractivity (Wildman–Crippen MR) is 109 cm³/mol. The number of rotatable bonds is 8. The van der Waals surface area contributed by atoms with Crippen LogP contribution in [0.25, 0.3) is 11.3 Å². The third-order valence-electron chi connectivity index (χ3n) is 4.92. The van der Waals surface area contributed by atoms with Crippen LogP contribution in [0.15, 0.2) is 59.1 Å². The highest BCUT2D eigenvalue weighted by Gasteiger charge is 2.20. The van der Waals surface area contributed by atoms with Gasteiger partial charge in [-0.05, 0) is 24.6 Å². The zero-order chi connectivity index (χ0) is 22.4. The Morgan fingerprint density at radius 1 is 1.10 bits per heavy atom. The lowest BCUT2D eigenvalue weighted by Gasteiger charge is -2.25. The van der Waals surface area contributed by atoms with Crippen LogP contribution in [-0.2, 0) is 20.7 Å². The molecule has 0 aliphatic rings. The fraction of sp³-hybridized carbons (Fsp3) is 0.261. The van der Waals surface area contributed by atoms with Gasteiger partial charge in [0, 0.05) is 13.5 Å². The number of halogens is 2. The maximum absolute atomic E-state index is 13.8. The van der Waals surface area contributed by atoms with Gasteiger partial charge in [0.25, 0.3) is 5.91 Å². The Balaban J connectivity index is 1.48. The first kappa shape index (κ1) is 22.1. The Hall–Kier alpha value is -3.55. The normalized spacial score (nSPS) is 11.7. The summed E-state index contributed by atoms with van der Waals surface area (Å²) < 4.78 is 38.1. The van der Waals surface area contributed by atoms with Crippen LogP contribution in [0.2, 0.25) is 0 Å². The van der Waals surface area contributed by atoms with E-state index in [0.29, 0.717) is 0 Å². The van der Waals surface area contributed by atoms with Crippen LogP contribution in [0, 0.1) is 11.6 Å². The van der Waals surface area contributed by atoms with Crippen molar-refractivity contribution >= 4 is 11.9 Å². The van der Waals surface area contributed by atoms with Crippen LogP contribution in [0.5, 0.6) is 0 Å². The second-order valence-electron chi connectivity index (χ2n) is 6.97. The Bertz CT molecular complexity index is 1030. The van der Waals surface area contributed by atoms with Crippen LogP contribution < -0.4 is 0 Å². The maximum atomic E-state index is 13.8. The van der Waals surface area contributed by atoms with Gasteiger partial charge in [0.1, 0.15) is 11.6 Å². The van der Waals surface area contributed by atoms with Gasteiger partial charge >= 0.3 is 5.97 Å². The molecule has 2 aromatic carbocycles. The van der Waals surface area contributed by atoms with Crippen LogP contribution in [0.1, 0.15) is 30.8 Å². The number of carbonyl (C=O) groups excluding carboxylic acids is 2. The molecule has 162 valence electrons. The van der Waals surface area contributed by atoms with Crippen molar-refractivity contribution in [2.24, 2.45) is 0 Å². The van der Waals surface area contributed by atoms with Crippen LogP contribution in [-0.4, -0.2) is 35.4 Å². The van der Waals surface area contributed by atoms with Crippen molar-refractivity contribution in [3.8, 4) is 11.3 Å². The average Bonchev–Trinajstić information content (AvgIpc) is 3.24. The lowest BCUT2D eigenvalue weighted by molar-refractivity contribution is -0.152. The van der Waals surface area contributed by atoms with Gasteiger partial charge in [-0.3, -0.25) is 9.59 Å². The summed E-state index contributed by atoms with van der Waals surface area (Å²) in [6, 6.07) is 12.8. The van der Waals surface area contributed by atoms with E-state index < -0.39 is 17.6 Å². The molecule has 0 saturated heterocycles. The van der Waals surface area contributed by atoms with E-state index in [1.54, 1.807) is 7.05 Å². The molecule has 0 N–H and O–H groups in total. The molecule has 1 heterocycles. The van der Waals surface area contributed by atoms with Crippen molar-refractivity contribution < 1.29 is 27.5 Å². The van der Waals surface area contributed by atoms with Crippen molar-refractivity contribution in [3.63, 3.8) is 0 Å². The van der Waals surface area contributed by atoms with Crippen molar-refractivity contribution in [1.29, 1.82) is 0 Å².